The van der Waals surface area contributed by atoms with Gasteiger partial charge < -0.3 is 15.0 Å². The molecule has 1 saturated heterocycles. The van der Waals surface area contributed by atoms with Gasteiger partial charge in [-0.25, -0.2) is 13.4 Å². The van der Waals surface area contributed by atoms with Crippen LogP contribution in [-0.4, -0.2) is 44.7 Å². The van der Waals surface area contributed by atoms with Crippen LogP contribution in [0.5, 0.6) is 0 Å². The first-order valence-corrected chi connectivity index (χ1v) is 11.6. The summed E-state index contributed by atoms with van der Waals surface area (Å²) in [7, 11) is -3.73. The van der Waals surface area contributed by atoms with Crippen molar-refractivity contribution in [1.29, 1.82) is 0 Å². The molecule has 1 aromatic heterocycles. The maximum Gasteiger partial charge on any atom is 0.261 e. The fraction of sp³-hybridized carbons (Fsp3) is 0.238. The van der Waals surface area contributed by atoms with E-state index in [0.29, 0.717) is 29.9 Å². The molecule has 0 aliphatic carbocycles. The minimum absolute atomic E-state index is 0.103. The fourth-order valence-electron chi connectivity index (χ4n) is 3.16. The molecule has 1 fully saturated rings. The predicted octanol–water partition coefficient (Wildman–Crippen LogP) is 3.82. The van der Waals surface area contributed by atoms with E-state index in [0.717, 1.165) is 30.3 Å². The summed E-state index contributed by atoms with van der Waals surface area (Å²) < 4.78 is 33.0. The van der Waals surface area contributed by atoms with E-state index in [1.165, 1.54) is 12.1 Å². The van der Waals surface area contributed by atoms with Gasteiger partial charge in [0, 0.05) is 41.2 Å². The van der Waals surface area contributed by atoms with Crippen molar-refractivity contribution in [3.8, 4) is 0 Å². The van der Waals surface area contributed by atoms with E-state index in [2.05, 4.69) is 24.9 Å². The Morgan fingerprint density at radius 1 is 1.00 bits per heavy atom. The molecule has 2 heterocycles. The number of ether oxygens (including phenoxy) is 1. The SMILES string of the molecule is Cc1cc(N2CCOCC2)nc(Nc2ccc(NS(=O)(=O)c3cccc(Cl)c3)cc2)n1. The highest BCUT2D eigenvalue weighted by Gasteiger charge is 2.16. The molecule has 0 unspecified atom stereocenters. The van der Waals surface area contributed by atoms with Crippen molar-refractivity contribution in [2.45, 2.75) is 11.8 Å². The Labute approximate surface area is 186 Å². The first kappa shape index (κ1) is 21.4. The second-order valence-electron chi connectivity index (χ2n) is 7.06. The summed E-state index contributed by atoms with van der Waals surface area (Å²) in [5.74, 6) is 1.33. The number of benzene rings is 2. The fourth-order valence-corrected chi connectivity index (χ4v) is 4.52. The number of morpholine rings is 1. The van der Waals surface area contributed by atoms with Crippen LogP contribution in [0.25, 0.3) is 0 Å². The van der Waals surface area contributed by atoms with Crippen molar-refractivity contribution >= 4 is 44.8 Å². The molecule has 31 heavy (non-hydrogen) atoms. The van der Waals surface area contributed by atoms with Crippen molar-refractivity contribution in [3.05, 3.63) is 65.3 Å². The Morgan fingerprint density at radius 2 is 1.71 bits per heavy atom. The molecule has 3 aromatic rings. The van der Waals surface area contributed by atoms with Gasteiger partial charge in [-0.1, -0.05) is 17.7 Å². The van der Waals surface area contributed by atoms with Crippen LogP contribution in [0, 0.1) is 6.92 Å². The molecule has 0 spiro atoms. The lowest BCUT2D eigenvalue weighted by Crippen LogP contribution is -2.36. The number of aromatic nitrogens is 2. The van der Waals surface area contributed by atoms with Crippen molar-refractivity contribution < 1.29 is 13.2 Å². The molecule has 10 heteroatoms. The number of hydrogen-bond donors (Lipinski definition) is 2. The van der Waals surface area contributed by atoms with Crippen LogP contribution in [0.15, 0.2) is 59.5 Å². The molecule has 1 aliphatic heterocycles. The Balaban J connectivity index is 1.47. The van der Waals surface area contributed by atoms with E-state index in [-0.39, 0.29) is 4.90 Å². The van der Waals surface area contributed by atoms with E-state index in [4.69, 9.17) is 16.3 Å². The highest BCUT2D eigenvalue weighted by molar-refractivity contribution is 7.92. The zero-order valence-corrected chi connectivity index (χ0v) is 18.4. The average molecular weight is 460 g/mol. The normalized spacial score (nSPS) is 14.3. The lowest BCUT2D eigenvalue weighted by atomic mass is 10.3. The van der Waals surface area contributed by atoms with Gasteiger partial charge >= 0.3 is 0 Å². The van der Waals surface area contributed by atoms with Crippen LogP contribution in [0.2, 0.25) is 5.02 Å². The van der Waals surface area contributed by atoms with E-state index in [1.807, 2.05) is 13.0 Å². The topological polar surface area (TPSA) is 96.5 Å². The molecule has 0 radical (unpaired) electrons. The van der Waals surface area contributed by atoms with Gasteiger partial charge in [-0.2, -0.15) is 4.98 Å². The molecule has 0 bridgehead atoms. The highest BCUT2D eigenvalue weighted by atomic mass is 35.5. The average Bonchev–Trinajstić information content (AvgIpc) is 2.75. The van der Waals surface area contributed by atoms with Crippen molar-refractivity contribution in [2.24, 2.45) is 0 Å². The molecule has 8 nitrogen and oxygen atoms in total. The molecule has 162 valence electrons. The number of halogens is 1. The van der Waals surface area contributed by atoms with E-state index in [9.17, 15) is 8.42 Å². The van der Waals surface area contributed by atoms with Gasteiger partial charge in [-0.05, 0) is 49.4 Å². The molecule has 0 atom stereocenters. The zero-order valence-electron chi connectivity index (χ0n) is 16.9. The Morgan fingerprint density at radius 3 is 2.42 bits per heavy atom. The number of aryl methyl sites for hydroxylation is 1. The highest BCUT2D eigenvalue weighted by Crippen LogP contribution is 2.23. The summed E-state index contributed by atoms with van der Waals surface area (Å²) in [6.45, 7) is 4.86. The smallest absolute Gasteiger partial charge is 0.261 e. The number of rotatable bonds is 6. The minimum atomic E-state index is -3.73. The number of nitrogens with one attached hydrogen (secondary N) is 2. The Bertz CT molecular complexity index is 1170. The lowest BCUT2D eigenvalue weighted by molar-refractivity contribution is 0.122. The third-order valence-corrected chi connectivity index (χ3v) is 6.29. The summed E-state index contributed by atoms with van der Waals surface area (Å²) in [6.07, 6.45) is 0. The van der Waals surface area contributed by atoms with Crippen LogP contribution >= 0.6 is 11.6 Å². The summed E-state index contributed by atoms with van der Waals surface area (Å²) >= 11 is 5.90. The maximum absolute atomic E-state index is 12.5. The van der Waals surface area contributed by atoms with Gasteiger partial charge in [-0.3, -0.25) is 4.72 Å². The monoisotopic (exact) mass is 459 g/mol. The minimum Gasteiger partial charge on any atom is -0.378 e. The molecular formula is C21H22ClN5O3S. The standard InChI is InChI=1S/C21H22ClN5O3S/c1-15-13-20(27-9-11-30-12-10-27)25-21(23-15)24-17-5-7-18(8-6-17)26-31(28,29)19-4-2-3-16(22)14-19/h2-8,13-14,26H,9-12H2,1H3,(H,23,24,25). The third kappa shape index (κ3) is 5.43. The third-order valence-electron chi connectivity index (χ3n) is 4.68. The molecular weight excluding hydrogens is 438 g/mol. The van der Waals surface area contributed by atoms with Crippen LogP contribution < -0.4 is 14.9 Å². The molecule has 0 saturated carbocycles. The van der Waals surface area contributed by atoms with Crippen LogP contribution in [0.4, 0.5) is 23.1 Å². The van der Waals surface area contributed by atoms with Crippen LogP contribution in [-0.2, 0) is 14.8 Å². The molecule has 4 rings (SSSR count). The number of anilines is 4. The number of sulfonamides is 1. The predicted molar refractivity (Wildman–Crippen MR) is 122 cm³/mol. The lowest BCUT2D eigenvalue weighted by Gasteiger charge is -2.28. The van der Waals surface area contributed by atoms with Crippen molar-refractivity contribution in [1.82, 2.24) is 9.97 Å². The van der Waals surface area contributed by atoms with Gasteiger partial charge in [-0.15, -0.1) is 0 Å². The van der Waals surface area contributed by atoms with Crippen LogP contribution in [0.3, 0.4) is 0 Å². The molecule has 2 aromatic carbocycles. The quantitative estimate of drug-likeness (QED) is 0.578. The van der Waals surface area contributed by atoms with Gasteiger partial charge in [0.1, 0.15) is 5.82 Å². The Kier molecular flexibility index (Phi) is 6.26. The van der Waals surface area contributed by atoms with Gasteiger partial charge in [0.15, 0.2) is 0 Å². The number of nitrogens with zero attached hydrogens (tertiary/aromatic N) is 3. The summed E-state index contributed by atoms with van der Waals surface area (Å²) in [4.78, 5) is 11.3. The van der Waals surface area contributed by atoms with E-state index >= 15 is 0 Å². The molecule has 2 N–H and O–H groups in total. The van der Waals surface area contributed by atoms with Crippen LogP contribution in [0.1, 0.15) is 5.69 Å². The first-order chi connectivity index (χ1) is 14.9. The second kappa shape index (κ2) is 9.09. The summed E-state index contributed by atoms with van der Waals surface area (Å²) in [6, 6.07) is 14.9. The second-order valence-corrected chi connectivity index (χ2v) is 9.17. The maximum atomic E-state index is 12.5. The van der Waals surface area contributed by atoms with E-state index < -0.39 is 10.0 Å². The van der Waals surface area contributed by atoms with Gasteiger partial charge in [0.2, 0.25) is 5.95 Å². The largest absolute Gasteiger partial charge is 0.378 e. The zero-order chi connectivity index (χ0) is 21.8. The van der Waals surface area contributed by atoms with Gasteiger partial charge in [0.25, 0.3) is 10.0 Å². The summed E-state index contributed by atoms with van der Waals surface area (Å²) in [5, 5.41) is 3.54. The molecule has 1 aliphatic rings. The first-order valence-electron chi connectivity index (χ1n) is 9.73. The van der Waals surface area contributed by atoms with Crippen molar-refractivity contribution in [2.75, 3.05) is 41.2 Å². The van der Waals surface area contributed by atoms with Crippen molar-refractivity contribution in [3.63, 3.8) is 0 Å². The molecule has 0 amide bonds. The summed E-state index contributed by atoms with van der Waals surface area (Å²) in [5.41, 5.74) is 2.03. The van der Waals surface area contributed by atoms with Gasteiger partial charge in [0.05, 0.1) is 18.1 Å². The Hall–Kier alpha value is -2.88. The van der Waals surface area contributed by atoms with E-state index in [1.54, 1.807) is 36.4 Å². The number of hydrogen-bond acceptors (Lipinski definition) is 7.